The van der Waals surface area contributed by atoms with Gasteiger partial charge in [0.1, 0.15) is 5.75 Å². The van der Waals surface area contributed by atoms with Crippen molar-refractivity contribution in [2.45, 2.75) is 39.5 Å². The molecule has 0 aliphatic carbocycles. The molecule has 0 radical (unpaired) electrons. The lowest BCUT2D eigenvalue weighted by molar-refractivity contribution is -0.128. The van der Waals surface area contributed by atoms with Crippen molar-refractivity contribution in [2.24, 2.45) is 0 Å². The van der Waals surface area contributed by atoms with Crippen LogP contribution in [0.5, 0.6) is 5.75 Å². The van der Waals surface area contributed by atoms with E-state index in [1.165, 1.54) is 36.5 Å². The van der Waals surface area contributed by atoms with Crippen LogP contribution in [-0.2, 0) is 11.2 Å². The summed E-state index contributed by atoms with van der Waals surface area (Å²) in [4.78, 5) is 11.6. The molecule has 130 valence electrons. The third-order valence-corrected chi connectivity index (χ3v) is 3.96. The fourth-order valence-electron chi connectivity index (χ4n) is 2.55. The highest BCUT2D eigenvalue weighted by atomic mass is 16.5. The minimum absolute atomic E-state index is 0.373. The predicted molar refractivity (Wildman–Crippen MR) is 105 cm³/mol. The molecule has 2 aromatic carbocycles. The Kier molecular flexibility index (Phi) is 7.71. The summed E-state index contributed by atoms with van der Waals surface area (Å²) < 4.78 is 5.27. The van der Waals surface area contributed by atoms with Crippen molar-refractivity contribution < 1.29 is 9.53 Å². The molecule has 0 bridgehead atoms. The van der Waals surface area contributed by atoms with E-state index in [1.807, 2.05) is 37.3 Å². The van der Waals surface area contributed by atoms with Crippen molar-refractivity contribution >= 4 is 5.97 Å². The van der Waals surface area contributed by atoms with Crippen LogP contribution >= 0.6 is 0 Å². The Labute approximate surface area is 150 Å². The maximum absolute atomic E-state index is 11.6. The number of ether oxygens (including phenoxy) is 1. The molecule has 0 aromatic heterocycles. The normalized spacial score (nSPS) is 11.3. The lowest BCUT2D eigenvalue weighted by Gasteiger charge is -2.06. The number of hydrogen-bond donors (Lipinski definition) is 0. The number of unbranched alkanes of at least 4 members (excludes halogenated alkanes) is 2. The summed E-state index contributed by atoms with van der Waals surface area (Å²) in [7, 11) is 0. The molecule has 0 heterocycles. The molecule has 2 heteroatoms. The lowest BCUT2D eigenvalue weighted by Crippen LogP contribution is -2.03. The molecular weight excluding hydrogens is 308 g/mol. The molecule has 0 saturated heterocycles. The van der Waals surface area contributed by atoms with E-state index in [9.17, 15) is 4.79 Å². The second-order valence-corrected chi connectivity index (χ2v) is 5.98. The third-order valence-electron chi connectivity index (χ3n) is 3.96. The van der Waals surface area contributed by atoms with Gasteiger partial charge in [-0.3, -0.25) is 0 Å². The van der Waals surface area contributed by atoms with E-state index >= 15 is 0 Å². The summed E-state index contributed by atoms with van der Waals surface area (Å²) in [6.07, 6.45) is 11.6. The summed E-state index contributed by atoms with van der Waals surface area (Å²) in [5, 5.41) is 0. The molecule has 0 spiro atoms. The minimum Gasteiger partial charge on any atom is -0.423 e. The van der Waals surface area contributed by atoms with Crippen molar-refractivity contribution in [3.05, 3.63) is 78.4 Å². The van der Waals surface area contributed by atoms with Crippen molar-refractivity contribution in [1.29, 1.82) is 0 Å². The highest BCUT2D eigenvalue weighted by Crippen LogP contribution is 2.23. The van der Waals surface area contributed by atoms with Gasteiger partial charge in [0, 0.05) is 6.08 Å². The standard InChI is InChI=1S/C23H26O2/c1-3-5-7-9-19-11-13-20(14-12-19)21-15-17-22(18-16-21)25-23(24)10-8-6-4-2/h4,6,8,10-18H,3,5,7,9H2,1-2H3. The van der Waals surface area contributed by atoms with Gasteiger partial charge in [-0.25, -0.2) is 4.79 Å². The second kappa shape index (κ2) is 10.3. The first-order valence-corrected chi connectivity index (χ1v) is 8.93. The molecule has 0 amide bonds. The summed E-state index contributed by atoms with van der Waals surface area (Å²) in [5.41, 5.74) is 3.67. The molecule has 2 aromatic rings. The van der Waals surface area contributed by atoms with Crippen LogP contribution in [-0.4, -0.2) is 5.97 Å². The van der Waals surface area contributed by atoms with Gasteiger partial charge in [-0.05, 0) is 48.6 Å². The van der Waals surface area contributed by atoms with E-state index in [-0.39, 0.29) is 5.97 Å². The van der Waals surface area contributed by atoms with Gasteiger partial charge in [-0.1, -0.05) is 74.4 Å². The fraction of sp³-hybridized carbons (Fsp3) is 0.261. The largest absolute Gasteiger partial charge is 0.423 e. The Morgan fingerprint density at radius 3 is 2.16 bits per heavy atom. The number of rotatable bonds is 8. The van der Waals surface area contributed by atoms with Crippen LogP contribution in [0, 0.1) is 0 Å². The Bertz CT molecular complexity index is 707. The number of aryl methyl sites for hydroxylation is 1. The number of hydrogen-bond acceptors (Lipinski definition) is 2. The molecule has 0 aliphatic rings. The predicted octanol–water partition coefficient (Wildman–Crippen LogP) is 6.12. The molecule has 0 atom stereocenters. The van der Waals surface area contributed by atoms with E-state index in [0.29, 0.717) is 5.75 Å². The number of esters is 1. The maximum atomic E-state index is 11.6. The molecule has 0 N–H and O–H groups in total. The van der Waals surface area contributed by atoms with E-state index in [2.05, 4.69) is 31.2 Å². The molecule has 25 heavy (non-hydrogen) atoms. The van der Waals surface area contributed by atoms with Crippen LogP contribution in [0.4, 0.5) is 0 Å². The fourth-order valence-corrected chi connectivity index (χ4v) is 2.55. The number of carbonyl (C=O) groups is 1. The Morgan fingerprint density at radius 1 is 0.920 bits per heavy atom. The molecule has 0 fully saturated rings. The number of benzene rings is 2. The first-order valence-electron chi connectivity index (χ1n) is 8.93. The van der Waals surface area contributed by atoms with E-state index in [1.54, 1.807) is 12.2 Å². The van der Waals surface area contributed by atoms with Gasteiger partial charge in [-0.2, -0.15) is 0 Å². The zero-order valence-electron chi connectivity index (χ0n) is 15.1. The first kappa shape index (κ1) is 18.7. The van der Waals surface area contributed by atoms with Crippen molar-refractivity contribution in [2.75, 3.05) is 0 Å². The van der Waals surface area contributed by atoms with Crippen LogP contribution in [0.15, 0.2) is 72.8 Å². The Balaban J connectivity index is 1.96. The van der Waals surface area contributed by atoms with E-state index < -0.39 is 0 Å². The van der Waals surface area contributed by atoms with Gasteiger partial charge in [0.25, 0.3) is 0 Å². The van der Waals surface area contributed by atoms with Gasteiger partial charge in [0.15, 0.2) is 0 Å². The van der Waals surface area contributed by atoms with Gasteiger partial charge >= 0.3 is 5.97 Å². The number of carbonyl (C=O) groups excluding carboxylic acids is 1. The second-order valence-electron chi connectivity index (χ2n) is 5.98. The highest BCUT2D eigenvalue weighted by molar-refractivity contribution is 5.84. The van der Waals surface area contributed by atoms with Crippen LogP contribution in [0.3, 0.4) is 0 Å². The summed E-state index contributed by atoms with van der Waals surface area (Å²) >= 11 is 0. The monoisotopic (exact) mass is 334 g/mol. The van der Waals surface area contributed by atoms with Crippen molar-refractivity contribution in [3.63, 3.8) is 0 Å². The lowest BCUT2D eigenvalue weighted by atomic mass is 10.0. The molecular formula is C23H26O2. The van der Waals surface area contributed by atoms with Crippen LogP contribution < -0.4 is 4.74 Å². The van der Waals surface area contributed by atoms with Gasteiger partial charge in [0.05, 0.1) is 0 Å². The van der Waals surface area contributed by atoms with Crippen molar-refractivity contribution in [3.8, 4) is 16.9 Å². The quantitative estimate of drug-likeness (QED) is 0.191. The third kappa shape index (κ3) is 6.42. The van der Waals surface area contributed by atoms with E-state index in [4.69, 9.17) is 4.74 Å². The summed E-state index contributed by atoms with van der Waals surface area (Å²) in [6.45, 7) is 4.12. The minimum atomic E-state index is -0.373. The SMILES string of the molecule is CC=CC=CC(=O)Oc1ccc(-c2ccc(CCCCC)cc2)cc1. The molecule has 0 aliphatic heterocycles. The first-order chi connectivity index (χ1) is 12.2. The van der Waals surface area contributed by atoms with Gasteiger partial charge < -0.3 is 4.74 Å². The number of allylic oxidation sites excluding steroid dienone is 3. The zero-order chi connectivity index (χ0) is 17.9. The van der Waals surface area contributed by atoms with Gasteiger partial charge in [0.2, 0.25) is 0 Å². The molecule has 2 rings (SSSR count). The average molecular weight is 334 g/mol. The van der Waals surface area contributed by atoms with Gasteiger partial charge in [-0.15, -0.1) is 0 Å². The Hall–Kier alpha value is -2.61. The van der Waals surface area contributed by atoms with Crippen molar-refractivity contribution in [1.82, 2.24) is 0 Å². The highest BCUT2D eigenvalue weighted by Gasteiger charge is 2.02. The Morgan fingerprint density at radius 2 is 1.56 bits per heavy atom. The molecule has 2 nitrogen and oxygen atoms in total. The summed E-state index contributed by atoms with van der Waals surface area (Å²) in [5.74, 6) is 0.178. The molecule has 0 saturated carbocycles. The molecule has 0 unspecified atom stereocenters. The summed E-state index contributed by atoms with van der Waals surface area (Å²) in [6, 6.07) is 16.3. The zero-order valence-corrected chi connectivity index (χ0v) is 15.1. The maximum Gasteiger partial charge on any atom is 0.336 e. The van der Waals surface area contributed by atoms with E-state index in [0.717, 1.165) is 12.0 Å². The smallest absolute Gasteiger partial charge is 0.336 e. The van der Waals surface area contributed by atoms with Crippen LogP contribution in [0.25, 0.3) is 11.1 Å². The van der Waals surface area contributed by atoms with Crippen LogP contribution in [0.2, 0.25) is 0 Å². The topological polar surface area (TPSA) is 26.3 Å². The average Bonchev–Trinajstić information content (AvgIpc) is 2.63. The van der Waals surface area contributed by atoms with Crippen LogP contribution in [0.1, 0.15) is 38.7 Å².